The lowest BCUT2D eigenvalue weighted by Crippen LogP contribution is -2.14. The van der Waals surface area contributed by atoms with Crippen LogP contribution in [-0.4, -0.2) is 15.7 Å². The van der Waals surface area contributed by atoms with E-state index in [1.807, 2.05) is 0 Å². The van der Waals surface area contributed by atoms with Crippen LogP contribution in [0.1, 0.15) is 21.6 Å². The molecule has 2 aromatic carbocycles. The van der Waals surface area contributed by atoms with Gasteiger partial charge in [-0.05, 0) is 54.6 Å². The summed E-state index contributed by atoms with van der Waals surface area (Å²) in [5.41, 5.74) is -1.45. The number of rotatable bonds is 3. The normalized spacial score (nSPS) is 12.1. The molecule has 0 radical (unpaired) electrons. The summed E-state index contributed by atoms with van der Waals surface area (Å²) in [6, 6.07) is 9.83. The van der Waals surface area contributed by atoms with Crippen LogP contribution in [0.25, 0.3) is 5.69 Å². The average Bonchev–Trinajstić information content (AvgIpc) is 3.12. The minimum Gasteiger partial charge on any atom is -0.322 e. The maximum atomic E-state index is 12.9. The molecule has 0 aliphatic heterocycles. The van der Waals surface area contributed by atoms with E-state index in [0.717, 1.165) is 36.5 Å². The van der Waals surface area contributed by atoms with Crippen molar-refractivity contribution in [2.75, 3.05) is 5.32 Å². The van der Waals surface area contributed by atoms with Crippen LogP contribution in [0.4, 0.5) is 32.0 Å². The number of amides is 1. The zero-order valence-corrected chi connectivity index (χ0v) is 13.8. The summed E-state index contributed by atoms with van der Waals surface area (Å²) in [5, 5.41) is 6.05. The van der Waals surface area contributed by atoms with Crippen LogP contribution in [0, 0.1) is 0 Å². The molecule has 3 aromatic rings. The molecule has 146 valence electrons. The quantitative estimate of drug-likeness (QED) is 0.619. The molecule has 1 aromatic heterocycles. The predicted molar refractivity (Wildman–Crippen MR) is 88.0 cm³/mol. The highest BCUT2D eigenvalue weighted by molar-refractivity contribution is 6.04. The van der Waals surface area contributed by atoms with Gasteiger partial charge in [0.05, 0.1) is 17.4 Å². The van der Waals surface area contributed by atoms with Gasteiger partial charge in [-0.2, -0.15) is 31.4 Å². The molecule has 1 heterocycles. The first-order chi connectivity index (χ1) is 13.1. The van der Waals surface area contributed by atoms with E-state index in [1.165, 1.54) is 24.3 Å². The van der Waals surface area contributed by atoms with E-state index in [0.29, 0.717) is 4.68 Å². The molecule has 1 amide bonds. The third-order valence-electron chi connectivity index (χ3n) is 3.78. The summed E-state index contributed by atoms with van der Waals surface area (Å²) in [6.07, 6.45) is -8.07. The average molecular weight is 399 g/mol. The SMILES string of the molecule is O=C(Nc1ccc(C(F)(F)F)cc1)c1ccc(-n2nccc2C(F)(F)F)cc1. The standard InChI is InChI=1S/C18H11F6N3O/c19-17(20,21)12-3-5-13(6-4-12)26-16(28)11-1-7-14(8-2-11)27-15(9-10-25-27)18(22,23)24/h1-10H,(H,26,28). The third kappa shape index (κ3) is 4.16. The maximum Gasteiger partial charge on any atom is 0.433 e. The molecule has 0 bridgehead atoms. The summed E-state index contributed by atoms with van der Waals surface area (Å²) >= 11 is 0. The Morgan fingerprint density at radius 2 is 1.43 bits per heavy atom. The molecule has 4 nitrogen and oxygen atoms in total. The lowest BCUT2D eigenvalue weighted by atomic mass is 10.1. The van der Waals surface area contributed by atoms with Crippen molar-refractivity contribution in [3.05, 3.63) is 77.6 Å². The van der Waals surface area contributed by atoms with Gasteiger partial charge in [-0.3, -0.25) is 4.79 Å². The van der Waals surface area contributed by atoms with Crippen molar-refractivity contribution in [1.82, 2.24) is 9.78 Å². The van der Waals surface area contributed by atoms with Gasteiger partial charge in [0.1, 0.15) is 5.69 Å². The molecule has 3 rings (SSSR count). The second kappa shape index (κ2) is 7.02. The van der Waals surface area contributed by atoms with E-state index >= 15 is 0 Å². The molecule has 0 aliphatic rings. The van der Waals surface area contributed by atoms with Crippen molar-refractivity contribution in [2.45, 2.75) is 12.4 Å². The summed E-state index contributed by atoms with van der Waals surface area (Å²) < 4.78 is 77.1. The lowest BCUT2D eigenvalue weighted by Gasteiger charge is -2.11. The second-order valence-electron chi connectivity index (χ2n) is 5.70. The topological polar surface area (TPSA) is 46.9 Å². The number of nitrogens with one attached hydrogen (secondary N) is 1. The summed E-state index contributed by atoms with van der Waals surface area (Å²) in [7, 11) is 0. The molecule has 0 atom stereocenters. The minimum atomic E-state index is -4.59. The molecule has 0 unspecified atom stereocenters. The number of aromatic nitrogens is 2. The van der Waals surface area contributed by atoms with E-state index in [-0.39, 0.29) is 16.9 Å². The van der Waals surface area contributed by atoms with Gasteiger partial charge in [0, 0.05) is 11.3 Å². The fourth-order valence-corrected chi connectivity index (χ4v) is 2.42. The van der Waals surface area contributed by atoms with Gasteiger partial charge in [0.25, 0.3) is 5.91 Å². The fraction of sp³-hybridized carbons (Fsp3) is 0.111. The van der Waals surface area contributed by atoms with E-state index in [2.05, 4.69) is 10.4 Å². The molecule has 1 N–H and O–H groups in total. The Morgan fingerprint density at radius 1 is 0.821 bits per heavy atom. The van der Waals surface area contributed by atoms with Crippen LogP contribution in [0.5, 0.6) is 0 Å². The molecule has 0 fully saturated rings. The first-order valence-corrected chi connectivity index (χ1v) is 7.76. The van der Waals surface area contributed by atoms with Crippen molar-refractivity contribution in [3.8, 4) is 5.69 Å². The van der Waals surface area contributed by atoms with E-state index in [9.17, 15) is 31.1 Å². The number of halogens is 6. The number of nitrogens with zero attached hydrogens (tertiary/aromatic N) is 2. The predicted octanol–water partition coefficient (Wildman–Crippen LogP) is 5.16. The van der Waals surface area contributed by atoms with E-state index in [1.54, 1.807) is 0 Å². The molecular weight excluding hydrogens is 388 g/mol. The Balaban J connectivity index is 1.75. The molecule has 0 spiro atoms. The van der Waals surface area contributed by atoms with Crippen molar-refractivity contribution < 1.29 is 31.1 Å². The minimum absolute atomic E-state index is 0.100. The van der Waals surface area contributed by atoms with E-state index in [4.69, 9.17) is 0 Å². The Hall–Kier alpha value is -3.30. The van der Waals surface area contributed by atoms with Crippen molar-refractivity contribution in [3.63, 3.8) is 0 Å². The number of anilines is 1. The molecule has 0 saturated carbocycles. The number of alkyl halides is 6. The van der Waals surface area contributed by atoms with Crippen molar-refractivity contribution in [1.29, 1.82) is 0 Å². The number of hydrogen-bond acceptors (Lipinski definition) is 2. The van der Waals surface area contributed by atoms with Gasteiger partial charge in [0.15, 0.2) is 0 Å². The molecule has 0 saturated heterocycles. The van der Waals surface area contributed by atoms with Crippen LogP contribution in [-0.2, 0) is 12.4 Å². The van der Waals surface area contributed by atoms with Gasteiger partial charge in [0.2, 0.25) is 0 Å². The zero-order valence-electron chi connectivity index (χ0n) is 13.8. The molecule has 10 heteroatoms. The monoisotopic (exact) mass is 399 g/mol. The smallest absolute Gasteiger partial charge is 0.322 e. The highest BCUT2D eigenvalue weighted by atomic mass is 19.4. The van der Waals surface area contributed by atoms with Gasteiger partial charge in [-0.1, -0.05) is 0 Å². The van der Waals surface area contributed by atoms with Crippen molar-refractivity contribution in [2.24, 2.45) is 0 Å². The van der Waals surface area contributed by atoms with Gasteiger partial charge < -0.3 is 5.32 Å². The number of carbonyl (C=O) groups excluding carboxylic acids is 1. The first kappa shape index (κ1) is 19.5. The largest absolute Gasteiger partial charge is 0.433 e. The summed E-state index contributed by atoms with van der Waals surface area (Å²) in [5.74, 6) is -0.622. The Bertz CT molecular complexity index is 972. The second-order valence-corrected chi connectivity index (χ2v) is 5.70. The van der Waals surface area contributed by atoms with Gasteiger partial charge in [-0.25, -0.2) is 4.68 Å². The molecule has 0 aliphatic carbocycles. The van der Waals surface area contributed by atoms with Crippen LogP contribution in [0.3, 0.4) is 0 Å². The zero-order chi connectivity index (χ0) is 20.5. The van der Waals surface area contributed by atoms with Crippen LogP contribution >= 0.6 is 0 Å². The fourth-order valence-electron chi connectivity index (χ4n) is 2.42. The molecule has 28 heavy (non-hydrogen) atoms. The Kier molecular flexibility index (Phi) is 4.88. The lowest BCUT2D eigenvalue weighted by molar-refractivity contribution is -0.142. The maximum absolute atomic E-state index is 12.9. The number of carbonyl (C=O) groups is 1. The van der Waals surface area contributed by atoms with Crippen molar-refractivity contribution >= 4 is 11.6 Å². The number of hydrogen-bond donors (Lipinski definition) is 1. The summed E-state index contributed by atoms with van der Waals surface area (Å²) in [4.78, 5) is 12.2. The van der Waals surface area contributed by atoms with Gasteiger partial charge in [-0.15, -0.1) is 0 Å². The highest BCUT2D eigenvalue weighted by Crippen LogP contribution is 2.31. The first-order valence-electron chi connectivity index (χ1n) is 7.76. The summed E-state index contributed by atoms with van der Waals surface area (Å²) in [6.45, 7) is 0. The molecular formula is C18H11F6N3O. The van der Waals surface area contributed by atoms with Crippen LogP contribution in [0.2, 0.25) is 0 Å². The Labute approximate surface area is 154 Å². The van der Waals surface area contributed by atoms with Crippen LogP contribution < -0.4 is 5.32 Å². The highest BCUT2D eigenvalue weighted by Gasteiger charge is 2.35. The van der Waals surface area contributed by atoms with Crippen LogP contribution in [0.15, 0.2) is 60.8 Å². The van der Waals surface area contributed by atoms with E-state index < -0.39 is 29.5 Å². The number of benzene rings is 2. The Morgan fingerprint density at radius 3 is 1.96 bits per heavy atom. The third-order valence-corrected chi connectivity index (χ3v) is 3.78. The van der Waals surface area contributed by atoms with Gasteiger partial charge >= 0.3 is 12.4 Å².